The lowest BCUT2D eigenvalue weighted by molar-refractivity contribution is -0.139. The molecule has 2 aromatic carbocycles. The van der Waals surface area contributed by atoms with E-state index in [1.165, 1.54) is 43.1 Å². The smallest absolute Gasteiger partial charge is 0.416 e. The van der Waals surface area contributed by atoms with Gasteiger partial charge in [0.15, 0.2) is 16.3 Å². The molecule has 0 spiro atoms. The van der Waals surface area contributed by atoms with Gasteiger partial charge in [0.25, 0.3) is 5.56 Å². The van der Waals surface area contributed by atoms with Crippen molar-refractivity contribution >= 4 is 23.4 Å². The predicted octanol–water partition coefficient (Wildman–Crippen LogP) is 5.09. The monoisotopic (exact) mass is 598 g/mol. The Morgan fingerprint density at radius 2 is 1.86 bits per heavy atom. The number of methoxy groups -OCH3 is 2. The molecule has 0 saturated heterocycles. The van der Waals surface area contributed by atoms with Crippen molar-refractivity contribution in [1.29, 1.82) is 0 Å². The van der Waals surface area contributed by atoms with Gasteiger partial charge in [0.1, 0.15) is 11.5 Å². The number of carbonyl (C=O) groups is 1. The molecule has 0 fully saturated rings. The zero-order valence-corrected chi connectivity index (χ0v) is 23.8. The summed E-state index contributed by atoms with van der Waals surface area (Å²) in [4.78, 5) is 31.8. The highest BCUT2D eigenvalue weighted by molar-refractivity contribution is 7.07. The number of nitrogens with zero attached hydrogens (tertiary/aromatic N) is 2. The number of thiazole rings is 1. The van der Waals surface area contributed by atoms with Gasteiger partial charge in [0, 0.05) is 11.6 Å². The zero-order valence-electron chi connectivity index (χ0n) is 22.9. The number of benzene rings is 2. The molecule has 0 N–H and O–H groups in total. The van der Waals surface area contributed by atoms with Gasteiger partial charge in [-0.15, -0.1) is 0 Å². The summed E-state index contributed by atoms with van der Waals surface area (Å²) in [5.74, 6) is 0.749. The molecule has 5 rings (SSSR count). The number of aromatic nitrogens is 1. The molecule has 1 aliphatic heterocycles. The van der Waals surface area contributed by atoms with E-state index in [1.807, 2.05) is 0 Å². The minimum absolute atomic E-state index is 0.130. The van der Waals surface area contributed by atoms with Crippen LogP contribution in [0.3, 0.4) is 0 Å². The average Bonchev–Trinajstić information content (AvgIpc) is 3.55. The minimum atomic E-state index is -4.50. The molecule has 218 valence electrons. The van der Waals surface area contributed by atoms with Gasteiger partial charge in [-0.25, -0.2) is 9.79 Å². The molecule has 12 heteroatoms. The maximum Gasteiger partial charge on any atom is 0.416 e. The Hall–Kier alpha value is -4.58. The van der Waals surface area contributed by atoms with Gasteiger partial charge in [-0.1, -0.05) is 29.5 Å². The first-order valence-electron chi connectivity index (χ1n) is 12.7. The van der Waals surface area contributed by atoms with E-state index >= 15 is 0 Å². The lowest BCUT2D eigenvalue weighted by atomic mass is 9.95. The van der Waals surface area contributed by atoms with E-state index in [-0.39, 0.29) is 33.8 Å². The van der Waals surface area contributed by atoms with E-state index < -0.39 is 29.3 Å². The van der Waals surface area contributed by atoms with Crippen molar-refractivity contribution < 1.29 is 36.6 Å². The lowest BCUT2D eigenvalue weighted by Gasteiger charge is -2.25. The van der Waals surface area contributed by atoms with Crippen LogP contribution in [0, 0.1) is 0 Å². The van der Waals surface area contributed by atoms with Crippen LogP contribution >= 0.6 is 11.3 Å². The number of fused-ring (bicyclic) bond motifs is 1. The topological polar surface area (TPSA) is 92.3 Å². The van der Waals surface area contributed by atoms with Crippen LogP contribution in [-0.2, 0) is 15.7 Å². The van der Waals surface area contributed by atoms with Gasteiger partial charge < -0.3 is 18.6 Å². The van der Waals surface area contributed by atoms with Crippen LogP contribution in [0.2, 0.25) is 0 Å². The quantitative estimate of drug-likeness (QED) is 0.275. The van der Waals surface area contributed by atoms with E-state index in [0.717, 1.165) is 23.5 Å². The number of hydrogen-bond donors (Lipinski definition) is 0. The number of allylic oxidation sites excluding steroid dienone is 1. The Morgan fingerprint density at radius 1 is 1.10 bits per heavy atom. The number of alkyl halides is 3. The van der Waals surface area contributed by atoms with Gasteiger partial charge in [-0.05, 0) is 55.8 Å². The number of halogens is 3. The van der Waals surface area contributed by atoms with Gasteiger partial charge >= 0.3 is 12.1 Å². The molecular weight excluding hydrogens is 573 g/mol. The molecule has 1 atom stereocenters. The van der Waals surface area contributed by atoms with Gasteiger partial charge in [-0.2, -0.15) is 13.2 Å². The third kappa shape index (κ3) is 5.37. The fourth-order valence-electron chi connectivity index (χ4n) is 4.69. The number of furan rings is 1. The summed E-state index contributed by atoms with van der Waals surface area (Å²) in [5.41, 5.74) is 0.175. The van der Waals surface area contributed by atoms with E-state index in [4.69, 9.17) is 18.6 Å². The molecule has 0 unspecified atom stereocenters. The van der Waals surface area contributed by atoms with Crippen molar-refractivity contribution in [2.75, 3.05) is 20.8 Å². The van der Waals surface area contributed by atoms with E-state index in [9.17, 15) is 22.8 Å². The Balaban J connectivity index is 1.63. The van der Waals surface area contributed by atoms with E-state index in [1.54, 1.807) is 38.1 Å². The second-order valence-corrected chi connectivity index (χ2v) is 10.2. The van der Waals surface area contributed by atoms with Crippen molar-refractivity contribution in [3.05, 3.63) is 102 Å². The van der Waals surface area contributed by atoms with Gasteiger partial charge in [-0.3, -0.25) is 9.36 Å². The number of hydrogen-bond acceptors (Lipinski definition) is 8. The Labute approximate surface area is 241 Å². The highest BCUT2D eigenvalue weighted by Crippen LogP contribution is 2.36. The van der Waals surface area contributed by atoms with Crippen LogP contribution in [-0.4, -0.2) is 31.4 Å². The van der Waals surface area contributed by atoms with Gasteiger partial charge in [0.2, 0.25) is 0 Å². The second-order valence-electron chi connectivity index (χ2n) is 9.20. The average molecular weight is 599 g/mol. The SMILES string of the molecule is CCOC(=O)C1=C(C)N=c2s/c(=C\c3ccc(-c4cccc(C(F)(F)F)c4)o3)c(=O)n2[C@@H]1c1ccc(OC)c(OC)c1. The van der Waals surface area contributed by atoms with Crippen LogP contribution in [0.4, 0.5) is 13.2 Å². The Kier molecular flexibility index (Phi) is 7.83. The number of ether oxygens (including phenoxy) is 3. The minimum Gasteiger partial charge on any atom is -0.493 e. The molecule has 42 heavy (non-hydrogen) atoms. The fourth-order valence-corrected chi connectivity index (χ4v) is 5.72. The summed E-state index contributed by atoms with van der Waals surface area (Å²) in [6.45, 7) is 3.49. The molecule has 0 bridgehead atoms. The summed E-state index contributed by atoms with van der Waals surface area (Å²) in [6, 6.07) is 12.1. The number of carbonyl (C=O) groups excluding carboxylic acids is 1. The number of rotatable bonds is 7. The highest BCUT2D eigenvalue weighted by Gasteiger charge is 2.34. The summed E-state index contributed by atoms with van der Waals surface area (Å²) >= 11 is 1.09. The van der Waals surface area contributed by atoms with Crippen LogP contribution in [0.25, 0.3) is 17.4 Å². The maximum absolute atomic E-state index is 13.8. The van der Waals surface area contributed by atoms with Gasteiger partial charge in [0.05, 0.1) is 48.2 Å². The second kappa shape index (κ2) is 11.4. The Morgan fingerprint density at radius 3 is 2.55 bits per heavy atom. The van der Waals surface area contributed by atoms with Crippen molar-refractivity contribution in [2.24, 2.45) is 4.99 Å². The third-order valence-electron chi connectivity index (χ3n) is 6.61. The molecule has 3 heterocycles. The van der Waals surface area contributed by atoms with Crippen LogP contribution in [0.5, 0.6) is 11.5 Å². The normalized spacial score (nSPS) is 15.3. The molecule has 0 aliphatic carbocycles. The molecule has 0 saturated carbocycles. The van der Waals surface area contributed by atoms with E-state index in [0.29, 0.717) is 27.6 Å². The molecule has 0 amide bonds. The summed E-state index contributed by atoms with van der Waals surface area (Å²) in [5, 5.41) is 0. The molecule has 4 aromatic rings. The summed E-state index contributed by atoms with van der Waals surface area (Å²) < 4.78 is 63.2. The standard InChI is InChI=1S/C30H25F3N2O6S/c1-5-40-28(37)25-16(2)34-29-35(26(25)18-9-11-22(38-3)23(14-18)39-4)27(36)24(42-29)15-20-10-12-21(41-20)17-7-6-8-19(13-17)30(31,32)33/h6-15,26H,5H2,1-4H3/b24-15-/t26-/m1/s1. The lowest BCUT2D eigenvalue weighted by Crippen LogP contribution is -2.39. The molecule has 2 aromatic heterocycles. The first-order valence-corrected chi connectivity index (χ1v) is 13.6. The summed E-state index contributed by atoms with van der Waals surface area (Å²) in [6.07, 6.45) is -3.00. The molecule has 0 radical (unpaired) electrons. The molecule has 8 nitrogen and oxygen atoms in total. The van der Waals surface area contributed by atoms with Crippen molar-refractivity contribution in [1.82, 2.24) is 4.57 Å². The molecular formula is C30H25F3N2O6S. The predicted molar refractivity (Wildman–Crippen MR) is 149 cm³/mol. The summed E-state index contributed by atoms with van der Waals surface area (Å²) in [7, 11) is 2.99. The van der Waals surface area contributed by atoms with Crippen LogP contribution in [0.1, 0.15) is 36.8 Å². The largest absolute Gasteiger partial charge is 0.493 e. The van der Waals surface area contributed by atoms with Crippen LogP contribution in [0.15, 0.2) is 80.1 Å². The van der Waals surface area contributed by atoms with Crippen molar-refractivity contribution in [3.8, 4) is 22.8 Å². The van der Waals surface area contributed by atoms with E-state index in [2.05, 4.69) is 4.99 Å². The van der Waals surface area contributed by atoms with Crippen molar-refractivity contribution in [3.63, 3.8) is 0 Å². The van der Waals surface area contributed by atoms with Crippen molar-refractivity contribution in [2.45, 2.75) is 26.1 Å². The first kappa shape index (κ1) is 28.9. The fraction of sp³-hybridized carbons (Fsp3) is 0.233. The van der Waals surface area contributed by atoms with Crippen LogP contribution < -0.4 is 24.4 Å². The molecule has 1 aliphatic rings. The first-order chi connectivity index (χ1) is 20.0. The zero-order chi connectivity index (χ0) is 30.2. The third-order valence-corrected chi connectivity index (χ3v) is 7.60. The number of esters is 1. The maximum atomic E-state index is 13.8. The Bertz CT molecular complexity index is 1880. The highest BCUT2D eigenvalue weighted by atomic mass is 32.1.